The molecule has 0 atom stereocenters. The molecule has 1 saturated heterocycles. The van der Waals surface area contributed by atoms with Gasteiger partial charge in [0.15, 0.2) is 5.82 Å². The van der Waals surface area contributed by atoms with E-state index in [0.29, 0.717) is 10.6 Å². The van der Waals surface area contributed by atoms with Crippen LogP contribution in [0.4, 0.5) is 11.5 Å². The molecule has 1 fully saturated rings. The van der Waals surface area contributed by atoms with Gasteiger partial charge < -0.3 is 10.2 Å². The Morgan fingerprint density at radius 1 is 1.35 bits per heavy atom. The van der Waals surface area contributed by atoms with Gasteiger partial charge in [0.1, 0.15) is 12.0 Å². The Morgan fingerprint density at radius 2 is 2.15 bits per heavy atom. The van der Waals surface area contributed by atoms with Gasteiger partial charge in [-0.15, -0.1) is 11.3 Å². The minimum Gasteiger partial charge on any atom is -0.355 e. The minimum atomic E-state index is -0.0988. The monoisotopic (exact) mass is 288 g/mol. The normalized spacial score (nSPS) is 14.6. The predicted octanol–water partition coefficient (Wildman–Crippen LogP) is 2.70. The Kier molecular flexibility index (Phi) is 3.64. The van der Waals surface area contributed by atoms with E-state index >= 15 is 0 Å². The molecule has 0 radical (unpaired) electrons. The molecule has 2 aromatic rings. The summed E-state index contributed by atoms with van der Waals surface area (Å²) in [6.07, 6.45) is 5.53. The molecule has 0 saturated carbocycles. The summed E-state index contributed by atoms with van der Waals surface area (Å²) in [7, 11) is 0. The van der Waals surface area contributed by atoms with E-state index in [1.807, 2.05) is 19.1 Å². The maximum absolute atomic E-state index is 12.2. The molecule has 5 nitrogen and oxygen atoms in total. The van der Waals surface area contributed by atoms with Crippen LogP contribution < -0.4 is 10.2 Å². The first-order chi connectivity index (χ1) is 9.74. The zero-order valence-electron chi connectivity index (χ0n) is 11.3. The highest BCUT2D eigenvalue weighted by Crippen LogP contribution is 2.26. The Balaban J connectivity index is 1.81. The second kappa shape index (κ2) is 5.58. The van der Waals surface area contributed by atoms with Crippen LogP contribution in [0.25, 0.3) is 0 Å². The zero-order valence-corrected chi connectivity index (χ0v) is 12.1. The summed E-state index contributed by atoms with van der Waals surface area (Å²) in [5, 5.41) is 2.92. The van der Waals surface area contributed by atoms with Gasteiger partial charge in [0, 0.05) is 18.0 Å². The van der Waals surface area contributed by atoms with E-state index in [-0.39, 0.29) is 5.91 Å². The van der Waals surface area contributed by atoms with Crippen LogP contribution in [0.15, 0.2) is 24.7 Å². The third-order valence-electron chi connectivity index (χ3n) is 3.31. The van der Waals surface area contributed by atoms with Gasteiger partial charge in [0.2, 0.25) is 0 Å². The first-order valence-corrected chi connectivity index (χ1v) is 7.48. The molecule has 1 N–H and O–H groups in total. The molecule has 1 aliphatic heterocycles. The number of nitrogens with one attached hydrogen (secondary N) is 1. The number of carbonyl (C=O) groups excluding carboxylic acids is 1. The number of aryl methyl sites for hydroxylation is 1. The van der Waals surface area contributed by atoms with Crippen LogP contribution in [0.3, 0.4) is 0 Å². The fourth-order valence-electron chi connectivity index (χ4n) is 2.33. The maximum Gasteiger partial charge on any atom is 0.265 e. The van der Waals surface area contributed by atoms with Crippen molar-refractivity contribution in [3.63, 3.8) is 0 Å². The Morgan fingerprint density at radius 3 is 2.85 bits per heavy atom. The Labute approximate surface area is 121 Å². The van der Waals surface area contributed by atoms with E-state index in [0.717, 1.165) is 23.8 Å². The summed E-state index contributed by atoms with van der Waals surface area (Å²) in [6, 6.07) is 3.79. The first-order valence-electron chi connectivity index (χ1n) is 6.67. The van der Waals surface area contributed by atoms with E-state index in [9.17, 15) is 4.79 Å². The van der Waals surface area contributed by atoms with Gasteiger partial charge >= 0.3 is 0 Å². The average Bonchev–Trinajstić information content (AvgIpc) is 3.10. The van der Waals surface area contributed by atoms with E-state index in [1.165, 1.54) is 30.5 Å². The highest BCUT2D eigenvalue weighted by molar-refractivity contribution is 7.14. The number of nitrogens with zero attached hydrogens (tertiary/aromatic N) is 3. The van der Waals surface area contributed by atoms with E-state index in [2.05, 4.69) is 20.2 Å². The van der Waals surface area contributed by atoms with Crippen molar-refractivity contribution in [2.75, 3.05) is 23.3 Å². The van der Waals surface area contributed by atoms with Gasteiger partial charge in [-0.05, 0) is 31.9 Å². The molecule has 0 aliphatic carbocycles. The van der Waals surface area contributed by atoms with Gasteiger partial charge in [-0.2, -0.15) is 0 Å². The molecule has 20 heavy (non-hydrogen) atoms. The molecule has 6 heteroatoms. The summed E-state index contributed by atoms with van der Waals surface area (Å²) in [5.74, 6) is 0.720. The van der Waals surface area contributed by atoms with E-state index < -0.39 is 0 Å². The molecule has 1 amide bonds. The summed E-state index contributed by atoms with van der Waals surface area (Å²) in [4.78, 5) is 24.6. The van der Waals surface area contributed by atoms with Crippen LogP contribution >= 0.6 is 11.3 Å². The van der Waals surface area contributed by atoms with Crippen LogP contribution in [0, 0.1) is 6.92 Å². The van der Waals surface area contributed by atoms with Gasteiger partial charge in [0.25, 0.3) is 5.91 Å². The van der Waals surface area contributed by atoms with Crippen LogP contribution in [0.1, 0.15) is 27.4 Å². The standard InChI is InChI=1S/C14H16N4OS/c1-10-4-5-12(20-10)14(19)17-11-8-15-9-16-13(11)18-6-2-3-7-18/h4-5,8-9H,2-3,6-7H2,1H3,(H,17,19). The molecule has 2 aromatic heterocycles. The molecule has 1 aliphatic rings. The molecule has 3 heterocycles. The SMILES string of the molecule is Cc1ccc(C(=O)Nc2cncnc2N2CCCC2)s1. The first kappa shape index (κ1) is 13.1. The predicted molar refractivity (Wildman–Crippen MR) is 80.5 cm³/mol. The second-order valence-corrected chi connectivity index (χ2v) is 6.11. The summed E-state index contributed by atoms with van der Waals surface area (Å²) < 4.78 is 0. The average molecular weight is 288 g/mol. The largest absolute Gasteiger partial charge is 0.355 e. The molecule has 0 bridgehead atoms. The van der Waals surface area contributed by atoms with Gasteiger partial charge in [-0.3, -0.25) is 4.79 Å². The molecule has 3 rings (SSSR count). The van der Waals surface area contributed by atoms with Crippen molar-refractivity contribution >= 4 is 28.7 Å². The van der Waals surface area contributed by atoms with Crippen LogP contribution in [-0.2, 0) is 0 Å². The van der Waals surface area contributed by atoms with Crippen LogP contribution in [0.5, 0.6) is 0 Å². The lowest BCUT2D eigenvalue weighted by Crippen LogP contribution is -2.22. The van der Waals surface area contributed by atoms with Crippen LogP contribution in [0.2, 0.25) is 0 Å². The van der Waals surface area contributed by atoms with Crippen molar-refractivity contribution in [1.29, 1.82) is 0 Å². The fourth-order valence-corrected chi connectivity index (χ4v) is 3.10. The Bertz CT molecular complexity index is 619. The number of anilines is 2. The van der Waals surface area contributed by atoms with Crippen molar-refractivity contribution < 1.29 is 4.79 Å². The highest BCUT2D eigenvalue weighted by atomic mass is 32.1. The molecule has 0 aromatic carbocycles. The van der Waals surface area contributed by atoms with Crippen molar-refractivity contribution in [1.82, 2.24) is 9.97 Å². The number of carbonyl (C=O) groups is 1. The lowest BCUT2D eigenvalue weighted by atomic mass is 10.3. The van der Waals surface area contributed by atoms with Crippen LogP contribution in [-0.4, -0.2) is 29.0 Å². The lowest BCUT2D eigenvalue weighted by molar-refractivity contribution is 0.103. The third-order valence-corrected chi connectivity index (χ3v) is 4.31. The van der Waals surface area contributed by atoms with Gasteiger partial charge in [0.05, 0.1) is 11.1 Å². The number of hydrogen-bond donors (Lipinski definition) is 1. The number of amides is 1. The third kappa shape index (κ3) is 2.65. The topological polar surface area (TPSA) is 58.1 Å². The molecular formula is C14H16N4OS. The molecule has 0 spiro atoms. The molecule has 104 valence electrons. The van der Waals surface area contributed by atoms with Crippen molar-refractivity contribution in [2.24, 2.45) is 0 Å². The van der Waals surface area contributed by atoms with E-state index in [4.69, 9.17) is 0 Å². The highest BCUT2D eigenvalue weighted by Gasteiger charge is 2.19. The fraction of sp³-hybridized carbons (Fsp3) is 0.357. The summed E-state index contributed by atoms with van der Waals surface area (Å²) >= 11 is 1.49. The van der Waals surface area contributed by atoms with Gasteiger partial charge in [-0.1, -0.05) is 0 Å². The number of rotatable bonds is 3. The summed E-state index contributed by atoms with van der Waals surface area (Å²) in [5.41, 5.74) is 0.686. The molecule has 0 unspecified atom stereocenters. The van der Waals surface area contributed by atoms with Crippen molar-refractivity contribution in [3.8, 4) is 0 Å². The number of thiophene rings is 1. The second-order valence-electron chi connectivity index (χ2n) is 4.82. The maximum atomic E-state index is 12.2. The Hall–Kier alpha value is -1.95. The van der Waals surface area contributed by atoms with E-state index in [1.54, 1.807) is 6.20 Å². The van der Waals surface area contributed by atoms with Crippen molar-refractivity contribution in [3.05, 3.63) is 34.4 Å². The van der Waals surface area contributed by atoms with Crippen molar-refractivity contribution in [2.45, 2.75) is 19.8 Å². The number of hydrogen-bond acceptors (Lipinski definition) is 5. The van der Waals surface area contributed by atoms with Gasteiger partial charge in [-0.25, -0.2) is 9.97 Å². The quantitative estimate of drug-likeness (QED) is 0.943. The summed E-state index contributed by atoms with van der Waals surface area (Å²) in [6.45, 7) is 3.96. The smallest absolute Gasteiger partial charge is 0.265 e. The number of aromatic nitrogens is 2. The zero-order chi connectivity index (χ0) is 13.9. The molecular weight excluding hydrogens is 272 g/mol. The minimum absolute atomic E-state index is 0.0988. The lowest BCUT2D eigenvalue weighted by Gasteiger charge is -2.19.